The van der Waals surface area contributed by atoms with Crippen molar-refractivity contribution in [1.82, 2.24) is 15.2 Å². The van der Waals surface area contributed by atoms with Crippen molar-refractivity contribution in [2.45, 2.75) is 31.7 Å². The van der Waals surface area contributed by atoms with Crippen LogP contribution in [0, 0.1) is 18.3 Å². The Morgan fingerprint density at radius 1 is 1.35 bits per heavy atom. The van der Waals surface area contributed by atoms with Gasteiger partial charge in [-0.05, 0) is 38.9 Å². The molecule has 0 bridgehead atoms. The molecule has 6 heteroatoms. The first-order chi connectivity index (χ1) is 11.0. The lowest BCUT2D eigenvalue weighted by Gasteiger charge is -2.49. The normalized spacial score (nSPS) is 25.8. The summed E-state index contributed by atoms with van der Waals surface area (Å²) >= 11 is 0. The van der Waals surface area contributed by atoms with Gasteiger partial charge in [0.1, 0.15) is 11.9 Å². The van der Waals surface area contributed by atoms with E-state index in [1.807, 2.05) is 19.1 Å². The zero-order valence-electron chi connectivity index (χ0n) is 13.8. The minimum atomic E-state index is -0.0322. The van der Waals surface area contributed by atoms with Crippen molar-refractivity contribution in [2.75, 3.05) is 38.1 Å². The van der Waals surface area contributed by atoms with E-state index in [0.717, 1.165) is 44.0 Å². The number of carbonyl (C=O) groups excluding carboxylic acids is 1. The molecule has 2 aliphatic heterocycles. The molecule has 1 aromatic rings. The maximum absolute atomic E-state index is 11.7. The molecule has 2 saturated heterocycles. The molecule has 1 N–H and O–H groups in total. The Hall–Kier alpha value is -2.13. The van der Waals surface area contributed by atoms with Gasteiger partial charge in [0.15, 0.2) is 0 Å². The fourth-order valence-electron chi connectivity index (χ4n) is 3.65. The minimum Gasteiger partial charge on any atom is -0.356 e. The highest BCUT2D eigenvalue weighted by atomic mass is 16.1. The minimum absolute atomic E-state index is 0.0322. The lowest BCUT2D eigenvalue weighted by molar-refractivity contribution is -0.120. The Morgan fingerprint density at radius 3 is 2.96 bits per heavy atom. The molecule has 3 heterocycles. The van der Waals surface area contributed by atoms with Gasteiger partial charge in [-0.2, -0.15) is 5.26 Å². The maximum atomic E-state index is 11.7. The summed E-state index contributed by atoms with van der Waals surface area (Å²) in [6, 6.07) is 5.98. The molecule has 0 aromatic carbocycles. The largest absolute Gasteiger partial charge is 0.356 e. The Balaban J connectivity index is 1.90. The van der Waals surface area contributed by atoms with Gasteiger partial charge >= 0.3 is 0 Å². The van der Waals surface area contributed by atoms with E-state index in [-0.39, 0.29) is 11.4 Å². The Morgan fingerprint density at radius 2 is 2.17 bits per heavy atom. The van der Waals surface area contributed by atoms with Crippen LogP contribution in [0.2, 0.25) is 0 Å². The Labute approximate surface area is 137 Å². The maximum Gasteiger partial charge on any atom is 0.220 e. The number of pyridine rings is 1. The molecule has 2 aliphatic rings. The highest BCUT2D eigenvalue weighted by Gasteiger charge is 2.41. The summed E-state index contributed by atoms with van der Waals surface area (Å²) in [6.07, 6.45) is 2.34. The number of aromatic nitrogens is 1. The average Bonchev–Trinajstić information content (AvgIpc) is 2.73. The number of likely N-dealkylation sites (N-methyl/N-ethyl adjacent to an activating group) is 1. The molecule has 1 spiro atoms. The molecule has 1 amide bonds. The van der Waals surface area contributed by atoms with Gasteiger partial charge in [0.2, 0.25) is 5.91 Å². The van der Waals surface area contributed by atoms with E-state index in [4.69, 9.17) is 0 Å². The summed E-state index contributed by atoms with van der Waals surface area (Å²) in [5.74, 6) is 0.919. The van der Waals surface area contributed by atoms with E-state index in [0.29, 0.717) is 18.5 Å². The smallest absolute Gasteiger partial charge is 0.220 e. The second-order valence-electron chi connectivity index (χ2n) is 6.60. The van der Waals surface area contributed by atoms with Gasteiger partial charge in [0, 0.05) is 43.8 Å². The summed E-state index contributed by atoms with van der Waals surface area (Å²) < 4.78 is 0. The predicted octanol–water partition coefficient (Wildman–Crippen LogP) is 1.05. The van der Waals surface area contributed by atoms with E-state index in [2.05, 4.69) is 33.2 Å². The van der Waals surface area contributed by atoms with Gasteiger partial charge in [-0.15, -0.1) is 0 Å². The van der Waals surface area contributed by atoms with Crippen molar-refractivity contribution in [3.8, 4) is 6.07 Å². The lowest BCUT2D eigenvalue weighted by atomic mass is 9.86. The van der Waals surface area contributed by atoms with E-state index >= 15 is 0 Å². The van der Waals surface area contributed by atoms with Crippen LogP contribution in [0.25, 0.3) is 0 Å². The molecule has 6 nitrogen and oxygen atoms in total. The van der Waals surface area contributed by atoms with Gasteiger partial charge in [0.25, 0.3) is 0 Å². The number of piperazine rings is 1. The first kappa shape index (κ1) is 15.8. The number of nitrogens with one attached hydrogen (secondary N) is 1. The quantitative estimate of drug-likeness (QED) is 0.839. The number of nitrogens with zero attached hydrogens (tertiary/aromatic N) is 4. The SMILES string of the molecule is Cc1ccc(C#N)c(N2CCN(C)C3(CCNC(=O)CC3)C2)n1. The Bertz CT molecular complexity index is 653. The zero-order valence-corrected chi connectivity index (χ0v) is 13.8. The molecule has 0 aliphatic carbocycles. The number of hydrogen-bond acceptors (Lipinski definition) is 5. The highest BCUT2D eigenvalue weighted by molar-refractivity contribution is 5.76. The number of anilines is 1. The number of amides is 1. The topological polar surface area (TPSA) is 72.3 Å². The summed E-state index contributed by atoms with van der Waals surface area (Å²) in [7, 11) is 2.14. The lowest BCUT2D eigenvalue weighted by Crippen LogP contribution is -2.61. The Kier molecular flexibility index (Phi) is 4.22. The van der Waals surface area contributed by atoms with Crippen LogP contribution in [0.4, 0.5) is 5.82 Å². The molecule has 122 valence electrons. The van der Waals surface area contributed by atoms with E-state index in [9.17, 15) is 10.1 Å². The zero-order chi connectivity index (χ0) is 16.4. The second-order valence-corrected chi connectivity index (χ2v) is 6.60. The summed E-state index contributed by atoms with van der Waals surface area (Å²) in [5.41, 5.74) is 1.51. The fourth-order valence-corrected chi connectivity index (χ4v) is 3.65. The second kappa shape index (κ2) is 6.17. The van der Waals surface area contributed by atoms with Crippen molar-refractivity contribution in [2.24, 2.45) is 0 Å². The predicted molar refractivity (Wildman–Crippen MR) is 88.1 cm³/mol. The van der Waals surface area contributed by atoms with E-state index < -0.39 is 0 Å². The van der Waals surface area contributed by atoms with Gasteiger partial charge in [0.05, 0.1) is 5.56 Å². The van der Waals surface area contributed by atoms with Crippen molar-refractivity contribution >= 4 is 11.7 Å². The van der Waals surface area contributed by atoms with E-state index in [1.165, 1.54) is 0 Å². The first-order valence-electron chi connectivity index (χ1n) is 8.15. The first-order valence-corrected chi connectivity index (χ1v) is 8.15. The fraction of sp³-hybridized carbons (Fsp3) is 0.588. The number of carbonyl (C=O) groups is 1. The van der Waals surface area contributed by atoms with Crippen molar-refractivity contribution in [3.05, 3.63) is 23.4 Å². The molecule has 1 atom stereocenters. The molecule has 0 saturated carbocycles. The van der Waals surface area contributed by atoms with Gasteiger partial charge in [-0.1, -0.05) is 0 Å². The number of hydrogen-bond donors (Lipinski definition) is 1. The third kappa shape index (κ3) is 3.02. The number of nitriles is 1. The molecule has 1 aromatic heterocycles. The third-order valence-corrected chi connectivity index (χ3v) is 5.16. The summed E-state index contributed by atoms with van der Waals surface area (Å²) in [6.45, 7) is 5.23. The summed E-state index contributed by atoms with van der Waals surface area (Å²) in [4.78, 5) is 20.9. The van der Waals surface area contributed by atoms with Crippen molar-refractivity contribution in [3.63, 3.8) is 0 Å². The van der Waals surface area contributed by atoms with Crippen LogP contribution in [0.5, 0.6) is 0 Å². The molecular formula is C17H23N5O. The van der Waals surface area contributed by atoms with Crippen molar-refractivity contribution < 1.29 is 4.79 Å². The highest BCUT2D eigenvalue weighted by Crippen LogP contribution is 2.33. The van der Waals surface area contributed by atoms with Gasteiger partial charge in [-0.25, -0.2) is 4.98 Å². The standard InChI is InChI=1S/C17H23N5O/c1-13-3-4-14(11-18)16(20-13)22-10-9-21(2)17(12-22)6-5-15(23)19-8-7-17/h3-4H,5-10,12H2,1-2H3,(H,19,23). The van der Waals surface area contributed by atoms with Crippen LogP contribution in [-0.2, 0) is 4.79 Å². The molecule has 1 unspecified atom stereocenters. The van der Waals surface area contributed by atoms with E-state index in [1.54, 1.807) is 0 Å². The molecule has 3 rings (SSSR count). The van der Waals surface area contributed by atoms with Gasteiger partial charge in [-0.3, -0.25) is 9.69 Å². The monoisotopic (exact) mass is 313 g/mol. The van der Waals surface area contributed by atoms with Crippen molar-refractivity contribution in [1.29, 1.82) is 5.26 Å². The van der Waals surface area contributed by atoms with Crippen LogP contribution in [-0.4, -0.2) is 54.6 Å². The molecule has 2 fully saturated rings. The summed E-state index contributed by atoms with van der Waals surface area (Å²) in [5, 5.41) is 12.4. The number of rotatable bonds is 1. The third-order valence-electron chi connectivity index (χ3n) is 5.16. The van der Waals surface area contributed by atoms with Crippen LogP contribution in [0.15, 0.2) is 12.1 Å². The van der Waals surface area contributed by atoms with Crippen LogP contribution in [0.1, 0.15) is 30.5 Å². The molecule has 23 heavy (non-hydrogen) atoms. The number of aryl methyl sites for hydroxylation is 1. The molecule has 0 radical (unpaired) electrons. The molecular weight excluding hydrogens is 290 g/mol. The van der Waals surface area contributed by atoms with Crippen LogP contribution >= 0.6 is 0 Å². The van der Waals surface area contributed by atoms with Gasteiger partial charge < -0.3 is 10.2 Å². The van der Waals surface area contributed by atoms with Crippen LogP contribution in [0.3, 0.4) is 0 Å². The van der Waals surface area contributed by atoms with Crippen LogP contribution < -0.4 is 10.2 Å². The average molecular weight is 313 g/mol.